The van der Waals surface area contributed by atoms with Crippen molar-refractivity contribution in [2.45, 2.75) is 13.5 Å². The summed E-state index contributed by atoms with van der Waals surface area (Å²) in [6.45, 7) is 1.96. The predicted molar refractivity (Wildman–Crippen MR) is 173 cm³/mol. The van der Waals surface area contributed by atoms with E-state index < -0.39 is 23.8 Å². The highest BCUT2D eigenvalue weighted by Gasteiger charge is 2.37. The van der Waals surface area contributed by atoms with Gasteiger partial charge in [-0.15, -0.1) is 0 Å². The van der Waals surface area contributed by atoms with Crippen molar-refractivity contribution < 1.29 is 28.7 Å². The normalized spacial score (nSPS) is 13.9. The van der Waals surface area contributed by atoms with E-state index in [1.165, 1.54) is 6.08 Å². The Morgan fingerprint density at radius 3 is 2.32 bits per heavy atom. The molecule has 1 aliphatic heterocycles. The maximum absolute atomic E-state index is 13.5. The van der Waals surface area contributed by atoms with Crippen molar-refractivity contribution in [3.63, 3.8) is 0 Å². The molecule has 2 N–H and O–H groups in total. The first-order valence-electron chi connectivity index (χ1n) is 13.3. The van der Waals surface area contributed by atoms with Crippen LogP contribution in [0.25, 0.3) is 6.08 Å². The minimum atomic E-state index is -0.880. The number of amides is 5. The number of carbonyl (C=O) groups is 4. The summed E-state index contributed by atoms with van der Waals surface area (Å²) in [5.74, 6) is -1.32. The number of barbiturate groups is 1. The summed E-state index contributed by atoms with van der Waals surface area (Å²) in [7, 11) is 0. The summed E-state index contributed by atoms with van der Waals surface area (Å²) in [5.41, 5.74) is 2.94. The third-order valence-corrected chi connectivity index (χ3v) is 7.51. The summed E-state index contributed by atoms with van der Waals surface area (Å²) in [5, 5.41) is 4.98. The molecule has 0 radical (unpaired) electrons. The first kappa shape index (κ1) is 30.7. The molecular formula is C33H25Br2N3O6. The van der Waals surface area contributed by atoms with Crippen molar-refractivity contribution >= 4 is 73.1 Å². The number of nitrogens with zero attached hydrogens (tertiary/aromatic N) is 1. The molecule has 222 valence electrons. The van der Waals surface area contributed by atoms with E-state index in [4.69, 9.17) is 9.47 Å². The number of rotatable bonds is 9. The first-order valence-corrected chi connectivity index (χ1v) is 14.9. The van der Waals surface area contributed by atoms with Gasteiger partial charge < -0.3 is 14.8 Å². The van der Waals surface area contributed by atoms with Crippen LogP contribution in [0.15, 0.2) is 106 Å². The van der Waals surface area contributed by atoms with E-state index in [1.54, 1.807) is 48.5 Å². The zero-order valence-electron chi connectivity index (χ0n) is 23.3. The highest BCUT2D eigenvalue weighted by atomic mass is 79.9. The number of hydrogen-bond donors (Lipinski definition) is 2. The summed E-state index contributed by atoms with van der Waals surface area (Å²) in [6, 6.07) is 25.8. The van der Waals surface area contributed by atoms with E-state index in [0.29, 0.717) is 32.6 Å². The van der Waals surface area contributed by atoms with Crippen LogP contribution < -0.4 is 25.0 Å². The van der Waals surface area contributed by atoms with Gasteiger partial charge in [-0.1, -0.05) is 64.0 Å². The van der Waals surface area contributed by atoms with E-state index in [0.717, 1.165) is 16.0 Å². The average Bonchev–Trinajstić information content (AvgIpc) is 3.00. The number of ether oxygens (including phenoxy) is 2. The number of benzene rings is 4. The zero-order valence-corrected chi connectivity index (χ0v) is 26.5. The molecule has 1 aliphatic rings. The van der Waals surface area contributed by atoms with Gasteiger partial charge >= 0.3 is 6.03 Å². The molecule has 1 fully saturated rings. The molecule has 5 amide bonds. The molecular weight excluding hydrogens is 694 g/mol. The predicted octanol–water partition coefficient (Wildman–Crippen LogP) is 6.78. The fourth-order valence-corrected chi connectivity index (χ4v) is 5.66. The SMILES string of the molecule is Cc1ccc(NC(=O)COc2c(Br)cc(Br)cc2/C=C2/C(=O)NC(=O)N(c3ccc(OCc4ccccc4)cc3)C2=O)cc1. The van der Waals surface area contributed by atoms with Crippen molar-refractivity contribution in [2.24, 2.45) is 0 Å². The standard InChI is InChI=1S/C33H25Br2N3O6/c1-20-7-9-24(10-8-20)36-29(39)19-44-30-22(15-23(34)17-28(30)35)16-27-31(40)37-33(42)38(32(27)41)25-11-13-26(14-12-25)43-18-21-5-3-2-4-6-21/h2-17H,18-19H2,1H3,(H,36,39)(H,37,40,42)/b27-16-. The molecule has 0 aromatic heterocycles. The minimum Gasteiger partial charge on any atom is -0.489 e. The Morgan fingerprint density at radius 1 is 0.909 bits per heavy atom. The molecule has 0 spiro atoms. The molecule has 5 rings (SSSR count). The molecule has 9 nitrogen and oxygen atoms in total. The minimum absolute atomic E-state index is 0.226. The lowest BCUT2D eigenvalue weighted by molar-refractivity contribution is -0.122. The van der Waals surface area contributed by atoms with Crippen molar-refractivity contribution in [3.8, 4) is 11.5 Å². The van der Waals surface area contributed by atoms with Gasteiger partial charge in [0.2, 0.25) is 0 Å². The number of carbonyl (C=O) groups excluding carboxylic acids is 4. The fraction of sp³-hybridized carbons (Fsp3) is 0.0909. The second-order valence-electron chi connectivity index (χ2n) is 9.73. The van der Waals surface area contributed by atoms with Crippen molar-refractivity contribution in [2.75, 3.05) is 16.8 Å². The summed E-state index contributed by atoms with van der Waals surface area (Å²) in [4.78, 5) is 52.6. The van der Waals surface area contributed by atoms with Crippen molar-refractivity contribution in [3.05, 3.63) is 122 Å². The summed E-state index contributed by atoms with van der Waals surface area (Å²) >= 11 is 6.84. The smallest absolute Gasteiger partial charge is 0.335 e. The molecule has 4 aromatic carbocycles. The maximum Gasteiger partial charge on any atom is 0.335 e. The number of imide groups is 2. The number of hydrogen-bond acceptors (Lipinski definition) is 6. The lowest BCUT2D eigenvalue weighted by Gasteiger charge is -2.26. The van der Waals surface area contributed by atoms with Gasteiger partial charge in [-0.2, -0.15) is 0 Å². The molecule has 4 aromatic rings. The Labute approximate surface area is 270 Å². The topological polar surface area (TPSA) is 114 Å². The fourth-order valence-electron chi connectivity index (χ4n) is 4.29. The van der Waals surface area contributed by atoms with Crippen LogP contribution in [0.4, 0.5) is 16.2 Å². The number of halogens is 2. The van der Waals surface area contributed by atoms with Crippen LogP contribution >= 0.6 is 31.9 Å². The molecule has 44 heavy (non-hydrogen) atoms. The van der Waals surface area contributed by atoms with E-state index in [9.17, 15) is 19.2 Å². The molecule has 0 aliphatic carbocycles. The third kappa shape index (κ3) is 7.42. The van der Waals surface area contributed by atoms with Crippen LogP contribution in [0.3, 0.4) is 0 Å². The Kier molecular flexibility index (Phi) is 9.56. The third-order valence-electron chi connectivity index (χ3n) is 6.46. The Hall–Kier alpha value is -4.74. The quantitative estimate of drug-likeness (QED) is 0.146. The second-order valence-corrected chi connectivity index (χ2v) is 11.5. The van der Waals surface area contributed by atoms with Gasteiger partial charge in [-0.05, 0) is 83.0 Å². The van der Waals surface area contributed by atoms with E-state index in [2.05, 4.69) is 42.5 Å². The van der Waals surface area contributed by atoms with Gasteiger partial charge in [-0.3, -0.25) is 19.7 Å². The number of anilines is 2. The van der Waals surface area contributed by atoms with Gasteiger partial charge in [0, 0.05) is 15.7 Å². The van der Waals surface area contributed by atoms with Gasteiger partial charge in [-0.25, -0.2) is 9.69 Å². The maximum atomic E-state index is 13.5. The molecule has 0 saturated carbocycles. The van der Waals surface area contributed by atoms with Gasteiger partial charge in [0.05, 0.1) is 10.2 Å². The van der Waals surface area contributed by atoms with Crippen LogP contribution in [-0.2, 0) is 21.0 Å². The molecule has 1 saturated heterocycles. The number of urea groups is 1. The van der Waals surface area contributed by atoms with Gasteiger partial charge in [0.15, 0.2) is 6.61 Å². The second kappa shape index (κ2) is 13.7. The Morgan fingerprint density at radius 2 is 1.61 bits per heavy atom. The molecule has 0 atom stereocenters. The lowest BCUT2D eigenvalue weighted by atomic mass is 10.1. The average molecular weight is 719 g/mol. The summed E-state index contributed by atoms with van der Waals surface area (Å²) in [6.07, 6.45) is 1.32. The molecule has 0 unspecified atom stereocenters. The Bertz CT molecular complexity index is 1760. The largest absolute Gasteiger partial charge is 0.489 e. The zero-order chi connectivity index (χ0) is 31.2. The van der Waals surface area contributed by atoms with Crippen LogP contribution in [0.5, 0.6) is 11.5 Å². The van der Waals surface area contributed by atoms with E-state index >= 15 is 0 Å². The van der Waals surface area contributed by atoms with E-state index in [-0.39, 0.29) is 23.6 Å². The highest BCUT2D eigenvalue weighted by molar-refractivity contribution is 9.11. The van der Waals surface area contributed by atoms with Crippen molar-refractivity contribution in [1.82, 2.24) is 5.32 Å². The molecule has 11 heteroatoms. The molecule has 0 bridgehead atoms. The van der Waals surface area contributed by atoms with Crippen LogP contribution in [0, 0.1) is 6.92 Å². The van der Waals surface area contributed by atoms with Crippen LogP contribution in [-0.4, -0.2) is 30.4 Å². The summed E-state index contributed by atoms with van der Waals surface area (Å²) < 4.78 is 12.7. The first-order chi connectivity index (χ1) is 21.2. The van der Waals surface area contributed by atoms with Crippen LogP contribution in [0.1, 0.15) is 16.7 Å². The highest BCUT2D eigenvalue weighted by Crippen LogP contribution is 2.35. The van der Waals surface area contributed by atoms with Gasteiger partial charge in [0.1, 0.15) is 23.7 Å². The number of aryl methyl sites for hydroxylation is 1. The monoisotopic (exact) mass is 717 g/mol. The Balaban J connectivity index is 1.35. The van der Waals surface area contributed by atoms with Crippen LogP contribution in [0.2, 0.25) is 0 Å². The molecule has 1 heterocycles. The van der Waals surface area contributed by atoms with E-state index in [1.807, 2.05) is 49.4 Å². The number of nitrogens with one attached hydrogen (secondary N) is 2. The van der Waals surface area contributed by atoms with Gasteiger partial charge in [0.25, 0.3) is 17.7 Å². The van der Waals surface area contributed by atoms with Crippen molar-refractivity contribution in [1.29, 1.82) is 0 Å². The lowest BCUT2D eigenvalue weighted by Crippen LogP contribution is -2.54.